The number of ether oxygens (including phenoxy) is 1. The van der Waals surface area contributed by atoms with Gasteiger partial charge < -0.3 is 14.5 Å². The van der Waals surface area contributed by atoms with Gasteiger partial charge in [0.05, 0.1) is 24.9 Å². The van der Waals surface area contributed by atoms with Crippen molar-refractivity contribution in [3.63, 3.8) is 0 Å². The van der Waals surface area contributed by atoms with E-state index in [0.29, 0.717) is 5.91 Å². The van der Waals surface area contributed by atoms with Gasteiger partial charge >= 0.3 is 0 Å². The van der Waals surface area contributed by atoms with Gasteiger partial charge in [0, 0.05) is 31.7 Å². The molecule has 1 amide bonds. The number of anilines is 1. The predicted octanol–water partition coefficient (Wildman–Crippen LogP) is 3.31. The van der Waals surface area contributed by atoms with E-state index >= 15 is 0 Å². The lowest BCUT2D eigenvalue weighted by molar-refractivity contribution is -0.134. The molecule has 0 N–H and O–H groups in total. The minimum atomic E-state index is 0.0907. The molecule has 2 aromatic heterocycles. The second-order valence-electron chi connectivity index (χ2n) is 7.78. The van der Waals surface area contributed by atoms with Gasteiger partial charge in [-0.2, -0.15) is 0 Å². The van der Waals surface area contributed by atoms with Crippen LogP contribution >= 0.6 is 11.3 Å². The molecule has 152 valence electrons. The third kappa shape index (κ3) is 3.57. The maximum absolute atomic E-state index is 12.8. The monoisotopic (exact) mass is 411 g/mol. The number of nitrogens with zero attached hydrogens (tertiary/aromatic N) is 5. The van der Waals surface area contributed by atoms with Crippen LogP contribution in [0.25, 0.3) is 16.2 Å². The third-order valence-corrected chi connectivity index (χ3v) is 6.86. The molecule has 5 rings (SSSR count). The Hall–Kier alpha value is -2.61. The minimum Gasteiger partial charge on any atom is -0.497 e. The molecule has 0 saturated carbocycles. The van der Waals surface area contributed by atoms with Gasteiger partial charge in [-0.1, -0.05) is 11.3 Å². The maximum Gasteiger partial charge on any atom is 0.227 e. The van der Waals surface area contributed by atoms with E-state index in [9.17, 15) is 4.79 Å². The Labute approximate surface area is 173 Å². The lowest BCUT2D eigenvalue weighted by atomic mass is 9.97. The van der Waals surface area contributed by atoms with Crippen LogP contribution in [0.2, 0.25) is 0 Å². The number of likely N-dealkylation sites (tertiary alicyclic amines) is 1. The molecule has 1 aromatic carbocycles. The molecule has 3 aromatic rings. The standard InChI is InChI=1S/C21H25N5O2S/c1-28-17-8-6-15(7-9-17)18-14-26-20(22-18)29-21(23-26)25-12-4-5-16(13-25)19(27)24-10-2-3-11-24/h6-9,14,16H,2-5,10-13H2,1H3/t16-/m0/s1. The van der Waals surface area contributed by atoms with Gasteiger partial charge in [0.1, 0.15) is 5.75 Å². The first-order valence-corrected chi connectivity index (χ1v) is 11.1. The van der Waals surface area contributed by atoms with E-state index in [1.807, 2.05) is 39.9 Å². The zero-order chi connectivity index (χ0) is 19.8. The second-order valence-corrected chi connectivity index (χ2v) is 8.72. The summed E-state index contributed by atoms with van der Waals surface area (Å²) in [6.07, 6.45) is 6.26. The Kier molecular flexibility index (Phi) is 4.87. The number of hydrogen-bond donors (Lipinski definition) is 0. The van der Waals surface area contributed by atoms with Gasteiger partial charge in [0.2, 0.25) is 16.0 Å². The van der Waals surface area contributed by atoms with Crippen LogP contribution in [0.15, 0.2) is 30.5 Å². The van der Waals surface area contributed by atoms with E-state index in [-0.39, 0.29) is 5.92 Å². The highest BCUT2D eigenvalue weighted by atomic mass is 32.1. The summed E-state index contributed by atoms with van der Waals surface area (Å²) in [5.41, 5.74) is 1.94. The number of imidazole rings is 1. The molecule has 29 heavy (non-hydrogen) atoms. The second kappa shape index (κ2) is 7.67. The largest absolute Gasteiger partial charge is 0.497 e. The van der Waals surface area contributed by atoms with Gasteiger partial charge in [0.25, 0.3) is 0 Å². The maximum atomic E-state index is 12.8. The third-order valence-electron chi connectivity index (χ3n) is 5.88. The number of hydrogen-bond acceptors (Lipinski definition) is 6. The van der Waals surface area contributed by atoms with Gasteiger partial charge in [-0.25, -0.2) is 9.50 Å². The molecule has 0 bridgehead atoms. The fraction of sp³-hybridized carbons (Fsp3) is 0.476. The fourth-order valence-electron chi connectivity index (χ4n) is 4.27. The van der Waals surface area contributed by atoms with Gasteiger partial charge in [-0.3, -0.25) is 4.79 Å². The minimum absolute atomic E-state index is 0.0907. The Bertz CT molecular complexity index is 974. The molecule has 0 spiro atoms. The molecule has 0 radical (unpaired) electrons. The predicted molar refractivity (Wildman–Crippen MR) is 114 cm³/mol. The van der Waals surface area contributed by atoms with E-state index in [0.717, 1.165) is 79.0 Å². The van der Waals surface area contributed by atoms with E-state index in [2.05, 4.69) is 4.90 Å². The zero-order valence-corrected chi connectivity index (χ0v) is 17.4. The van der Waals surface area contributed by atoms with Crippen molar-refractivity contribution < 1.29 is 9.53 Å². The SMILES string of the molecule is COc1ccc(-c2cn3nc(N4CCC[C@H](C(=O)N5CCCC5)C4)sc3n2)cc1. The zero-order valence-electron chi connectivity index (χ0n) is 16.6. The van der Waals surface area contributed by atoms with Crippen molar-refractivity contribution in [2.45, 2.75) is 25.7 Å². The van der Waals surface area contributed by atoms with Crippen molar-refractivity contribution in [1.82, 2.24) is 19.5 Å². The van der Waals surface area contributed by atoms with Crippen LogP contribution in [0.4, 0.5) is 5.13 Å². The van der Waals surface area contributed by atoms with Crippen molar-refractivity contribution >= 4 is 27.3 Å². The van der Waals surface area contributed by atoms with Crippen molar-refractivity contribution in [3.05, 3.63) is 30.5 Å². The lowest BCUT2D eigenvalue weighted by Gasteiger charge is -2.33. The van der Waals surface area contributed by atoms with E-state index < -0.39 is 0 Å². The summed E-state index contributed by atoms with van der Waals surface area (Å²) in [6.45, 7) is 3.56. The number of fused-ring (bicyclic) bond motifs is 1. The number of amides is 1. The molecule has 1 atom stereocenters. The Balaban J connectivity index is 1.32. The summed E-state index contributed by atoms with van der Waals surface area (Å²) >= 11 is 1.59. The summed E-state index contributed by atoms with van der Waals surface area (Å²) in [5, 5.41) is 5.71. The molecular weight excluding hydrogens is 386 g/mol. The van der Waals surface area contributed by atoms with Crippen LogP contribution in [0.3, 0.4) is 0 Å². The van der Waals surface area contributed by atoms with Crippen LogP contribution < -0.4 is 9.64 Å². The van der Waals surface area contributed by atoms with Crippen molar-refractivity contribution in [1.29, 1.82) is 0 Å². The number of rotatable bonds is 4. The summed E-state index contributed by atoms with van der Waals surface area (Å²) < 4.78 is 7.07. The number of methoxy groups -OCH3 is 1. The van der Waals surface area contributed by atoms with E-state index in [4.69, 9.17) is 14.8 Å². The van der Waals surface area contributed by atoms with Gasteiger partial charge in [-0.15, -0.1) is 5.10 Å². The van der Waals surface area contributed by atoms with Crippen LogP contribution in [0.1, 0.15) is 25.7 Å². The van der Waals surface area contributed by atoms with Crippen LogP contribution in [0.5, 0.6) is 5.75 Å². The first-order chi connectivity index (χ1) is 14.2. The molecular formula is C21H25N5O2S. The number of piperidine rings is 1. The van der Waals surface area contributed by atoms with Gasteiger partial charge in [0.15, 0.2) is 0 Å². The normalized spacial score (nSPS) is 19.8. The molecule has 2 aliphatic rings. The Morgan fingerprint density at radius 3 is 2.66 bits per heavy atom. The first-order valence-electron chi connectivity index (χ1n) is 10.3. The van der Waals surface area contributed by atoms with Crippen LogP contribution in [-0.4, -0.2) is 58.7 Å². The first kappa shape index (κ1) is 18.4. The number of carbonyl (C=O) groups is 1. The molecule has 2 fully saturated rings. The van der Waals surface area contributed by atoms with Crippen LogP contribution in [0, 0.1) is 5.92 Å². The summed E-state index contributed by atoms with van der Waals surface area (Å²) in [5.74, 6) is 1.25. The summed E-state index contributed by atoms with van der Waals surface area (Å²) in [6, 6.07) is 7.89. The topological polar surface area (TPSA) is 63.0 Å². The summed E-state index contributed by atoms with van der Waals surface area (Å²) in [4.78, 5) is 22.7. The highest BCUT2D eigenvalue weighted by Gasteiger charge is 2.31. The Morgan fingerprint density at radius 1 is 1.14 bits per heavy atom. The molecule has 2 aliphatic heterocycles. The lowest BCUT2D eigenvalue weighted by Crippen LogP contribution is -2.44. The molecule has 0 aliphatic carbocycles. The molecule has 2 saturated heterocycles. The number of carbonyl (C=O) groups excluding carboxylic acids is 1. The van der Waals surface area contributed by atoms with Crippen molar-refractivity contribution in [2.24, 2.45) is 5.92 Å². The smallest absolute Gasteiger partial charge is 0.227 e. The average Bonchev–Trinajstić information content (AvgIpc) is 3.50. The molecule has 7 nitrogen and oxygen atoms in total. The summed E-state index contributed by atoms with van der Waals surface area (Å²) in [7, 11) is 1.66. The Morgan fingerprint density at radius 2 is 1.93 bits per heavy atom. The van der Waals surface area contributed by atoms with Crippen molar-refractivity contribution in [3.8, 4) is 17.0 Å². The number of aromatic nitrogens is 3. The molecule has 8 heteroatoms. The van der Waals surface area contributed by atoms with E-state index in [1.54, 1.807) is 18.4 Å². The molecule has 0 unspecified atom stereocenters. The highest BCUT2D eigenvalue weighted by Crippen LogP contribution is 2.31. The fourth-order valence-corrected chi connectivity index (χ4v) is 5.18. The quantitative estimate of drug-likeness (QED) is 0.659. The highest BCUT2D eigenvalue weighted by molar-refractivity contribution is 7.20. The number of benzene rings is 1. The van der Waals surface area contributed by atoms with Crippen molar-refractivity contribution in [2.75, 3.05) is 38.2 Å². The van der Waals surface area contributed by atoms with E-state index in [1.165, 1.54) is 0 Å². The van der Waals surface area contributed by atoms with Gasteiger partial charge in [-0.05, 0) is 49.9 Å². The van der Waals surface area contributed by atoms with Crippen LogP contribution in [-0.2, 0) is 4.79 Å². The average molecular weight is 412 g/mol. The molecule has 4 heterocycles.